The van der Waals surface area contributed by atoms with E-state index in [0.717, 1.165) is 22.0 Å². The molecule has 1 aliphatic heterocycles. The summed E-state index contributed by atoms with van der Waals surface area (Å²) in [6.07, 6.45) is 0. The summed E-state index contributed by atoms with van der Waals surface area (Å²) in [6, 6.07) is 5.48. The Morgan fingerprint density at radius 2 is 2.00 bits per heavy atom. The molecule has 3 rings (SSSR count). The first kappa shape index (κ1) is 20.0. The van der Waals surface area contributed by atoms with Crippen LogP contribution in [0.4, 0.5) is 0 Å². The molecule has 2 aromatic rings. The number of amides is 1. The molecule has 1 aliphatic rings. The number of carbonyl (C=O) groups excluding carboxylic acids is 1. The highest BCUT2D eigenvalue weighted by Gasteiger charge is 2.22. The van der Waals surface area contributed by atoms with Gasteiger partial charge in [-0.3, -0.25) is 9.59 Å². The van der Waals surface area contributed by atoms with Crippen LogP contribution in [-0.4, -0.2) is 39.7 Å². The Kier molecular flexibility index (Phi) is 6.08. The molecule has 0 radical (unpaired) electrons. The largest absolute Gasteiger partial charge is 0.486 e. The first-order valence-electron chi connectivity index (χ1n) is 8.90. The molecule has 1 unspecified atom stereocenters. The number of thioether (sulfide) groups is 1. The van der Waals surface area contributed by atoms with Crippen molar-refractivity contribution in [2.24, 2.45) is 5.92 Å². The lowest BCUT2D eigenvalue weighted by Crippen LogP contribution is -2.35. The maximum atomic E-state index is 12.5. The number of nitrogens with zero attached hydrogens (tertiary/aromatic N) is 3. The number of aromatic nitrogens is 3. The molecule has 1 aromatic carbocycles. The van der Waals surface area contributed by atoms with Crippen molar-refractivity contribution in [2.75, 3.05) is 24.8 Å². The van der Waals surface area contributed by atoms with Gasteiger partial charge in [0.2, 0.25) is 11.1 Å². The quantitative estimate of drug-likeness (QED) is 0.540. The zero-order valence-corrected chi connectivity index (χ0v) is 16.8. The third-order valence-electron chi connectivity index (χ3n) is 4.26. The highest BCUT2D eigenvalue weighted by Crippen LogP contribution is 2.34. The standard InChI is InChI=1S/C18H23N5O4S/c1-10(2)16(12-4-5-13-14(8-12)27-7-6-26-13)20-15(24)9-28-18-22-21-11(3)17(25)23(18)19/h4-5,8,10,16H,6-7,9,19H2,1-3H3,(H,20,24). The Bertz CT molecular complexity index is 931. The summed E-state index contributed by atoms with van der Waals surface area (Å²) in [4.78, 5) is 24.3. The highest BCUT2D eigenvalue weighted by atomic mass is 32.2. The summed E-state index contributed by atoms with van der Waals surface area (Å²) in [5.74, 6) is 7.10. The molecule has 9 nitrogen and oxygen atoms in total. The molecular weight excluding hydrogens is 382 g/mol. The van der Waals surface area contributed by atoms with Crippen molar-refractivity contribution in [2.45, 2.75) is 32.0 Å². The molecule has 0 aliphatic carbocycles. The van der Waals surface area contributed by atoms with Crippen LogP contribution in [-0.2, 0) is 4.79 Å². The summed E-state index contributed by atoms with van der Waals surface area (Å²) in [6.45, 7) is 6.61. The number of carbonyl (C=O) groups is 1. The molecule has 0 saturated heterocycles. The van der Waals surface area contributed by atoms with Crippen molar-refractivity contribution >= 4 is 17.7 Å². The molecular formula is C18H23N5O4S. The predicted octanol–water partition coefficient (Wildman–Crippen LogP) is 1.04. The van der Waals surface area contributed by atoms with Crippen LogP contribution in [0.25, 0.3) is 0 Å². The van der Waals surface area contributed by atoms with E-state index in [1.165, 1.54) is 6.92 Å². The van der Waals surface area contributed by atoms with E-state index in [1.807, 2.05) is 32.0 Å². The van der Waals surface area contributed by atoms with Crippen molar-refractivity contribution in [3.05, 3.63) is 39.8 Å². The fourth-order valence-corrected chi connectivity index (χ4v) is 3.47. The van der Waals surface area contributed by atoms with E-state index < -0.39 is 5.56 Å². The predicted molar refractivity (Wildman–Crippen MR) is 105 cm³/mol. The molecule has 10 heteroatoms. The van der Waals surface area contributed by atoms with Gasteiger partial charge in [-0.1, -0.05) is 31.7 Å². The van der Waals surface area contributed by atoms with E-state index in [9.17, 15) is 9.59 Å². The van der Waals surface area contributed by atoms with Gasteiger partial charge in [0.25, 0.3) is 5.56 Å². The Labute approximate surface area is 166 Å². The lowest BCUT2D eigenvalue weighted by atomic mass is 9.95. The van der Waals surface area contributed by atoms with Crippen LogP contribution in [0.15, 0.2) is 28.2 Å². The second-order valence-corrected chi connectivity index (χ2v) is 7.67. The average molecular weight is 405 g/mol. The van der Waals surface area contributed by atoms with Gasteiger partial charge < -0.3 is 20.6 Å². The minimum absolute atomic E-state index is 0.0577. The first-order chi connectivity index (χ1) is 13.4. The molecule has 150 valence electrons. The molecule has 1 atom stereocenters. The summed E-state index contributed by atoms with van der Waals surface area (Å²) in [7, 11) is 0. The monoisotopic (exact) mass is 405 g/mol. The number of benzene rings is 1. The second kappa shape index (κ2) is 8.51. The zero-order chi connectivity index (χ0) is 20.3. The Hall–Kier alpha value is -2.75. The van der Waals surface area contributed by atoms with Crippen LogP contribution in [0.5, 0.6) is 11.5 Å². The lowest BCUT2D eigenvalue weighted by molar-refractivity contribution is -0.119. The molecule has 0 spiro atoms. The molecule has 1 aromatic heterocycles. The van der Waals surface area contributed by atoms with Gasteiger partial charge in [0.05, 0.1) is 11.8 Å². The minimum atomic E-state index is -0.436. The topological polar surface area (TPSA) is 121 Å². The number of rotatable bonds is 6. The number of aryl methyl sites for hydroxylation is 1. The Balaban J connectivity index is 1.68. The minimum Gasteiger partial charge on any atom is -0.486 e. The van der Waals surface area contributed by atoms with Crippen molar-refractivity contribution in [1.82, 2.24) is 20.2 Å². The molecule has 28 heavy (non-hydrogen) atoms. The van der Waals surface area contributed by atoms with Crippen molar-refractivity contribution in [1.29, 1.82) is 0 Å². The molecule has 1 amide bonds. The Morgan fingerprint density at radius 1 is 1.29 bits per heavy atom. The summed E-state index contributed by atoms with van der Waals surface area (Å²) in [5, 5.41) is 10.8. The van der Waals surface area contributed by atoms with Crippen LogP contribution in [0.3, 0.4) is 0 Å². The number of hydrogen-bond acceptors (Lipinski definition) is 8. The number of nitrogen functional groups attached to an aromatic ring is 1. The maximum absolute atomic E-state index is 12.5. The number of nitrogens with two attached hydrogens (primary N) is 1. The molecule has 2 heterocycles. The van der Waals surface area contributed by atoms with Crippen molar-refractivity contribution < 1.29 is 14.3 Å². The second-order valence-electron chi connectivity index (χ2n) is 6.72. The number of hydrogen-bond donors (Lipinski definition) is 2. The molecule has 3 N–H and O–H groups in total. The Morgan fingerprint density at radius 3 is 2.71 bits per heavy atom. The van der Waals surface area contributed by atoms with Gasteiger partial charge in [-0.15, -0.1) is 10.2 Å². The highest BCUT2D eigenvalue weighted by molar-refractivity contribution is 7.99. The van der Waals surface area contributed by atoms with Gasteiger partial charge in [-0.05, 0) is 30.5 Å². The van der Waals surface area contributed by atoms with Gasteiger partial charge in [-0.2, -0.15) is 4.68 Å². The van der Waals surface area contributed by atoms with Crippen LogP contribution >= 0.6 is 11.8 Å². The number of ether oxygens (including phenoxy) is 2. The van der Waals surface area contributed by atoms with Crippen LogP contribution in [0, 0.1) is 12.8 Å². The van der Waals surface area contributed by atoms with Crippen molar-refractivity contribution in [3.8, 4) is 11.5 Å². The van der Waals surface area contributed by atoms with Crippen LogP contribution < -0.4 is 26.2 Å². The van der Waals surface area contributed by atoms with E-state index in [-0.39, 0.29) is 34.5 Å². The van der Waals surface area contributed by atoms with E-state index in [2.05, 4.69) is 15.5 Å². The van der Waals surface area contributed by atoms with E-state index in [1.54, 1.807) is 0 Å². The average Bonchev–Trinajstić information content (AvgIpc) is 2.69. The van der Waals surface area contributed by atoms with Crippen LogP contribution in [0.2, 0.25) is 0 Å². The zero-order valence-electron chi connectivity index (χ0n) is 16.0. The third kappa shape index (κ3) is 4.38. The van der Waals surface area contributed by atoms with Gasteiger partial charge in [-0.25, -0.2) is 0 Å². The number of nitrogens with one attached hydrogen (secondary N) is 1. The summed E-state index contributed by atoms with van der Waals surface area (Å²) in [5.41, 5.74) is 0.701. The molecule has 0 fully saturated rings. The normalized spacial score (nSPS) is 14.0. The maximum Gasteiger partial charge on any atom is 0.294 e. The first-order valence-corrected chi connectivity index (χ1v) is 9.88. The lowest BCUT2D eigenvalue weighted by Gasteiger charge is -2.25. The van der Waals surface area contributed by atoms with E-state index >= 15 is 0 Å². The van der Waals surface area contributed by atoms with Gasteiger partial charge >= 0.3 is 0 Å². The SMILES string of the molecule is Cc1nnc(SCC(=O)NC(c2ccc3c(c2)OCCO3)C(C)C)n(N)c1=O. The van der Waals surface area contributed by atoms with Crippen molar-refractivity contribution in [3.63, 3.8) is 0 Å². The van der Waals surface area contributed by atoms with E-state index in [0.29, 0.717) is 24.7 Å². The fraction of sp³-hybridized carbons (Fsp3) is 0.444. The van der Waals surface area contributed by atoms with Crippen LogP contribution in [0.1, 0.15) is 31.1 Å². The summed E-state index contributed by atoms with van der Waals surface area (Å²) >= 11 is 1.06. The van der Waals surface area contributed by atoms with Gasteiger partial charge in [0.1, 0.15) is 18.9 Å². The van der Waals surface area contributed by atoms with E-state index in [4.69, 9.17) is 15.3 Å². The smallest absolute Gasteiger partial charge is 0.294 e. The molecule has 0 bridgehead atoms. The van der Waals surface area contributed by atoms with Gasteiger partial charge in [0, 0.05) is 0 Å². The van der Waals surface area contributed by atoms with Gasteiger partial charge in [0.15, 0.2) is 11.5 Å². The summed E-state index contributed by atoms with van der Waals surface area (Å²) < 4.78 is 12.1. The third-order valence-corrected chi connectivity index (χ3v) is 5.20. The fourth-order valence-electron chi connectivity index (χ4n) is 2.80. The molecule has 0 saturated carbocycles. The number of fused-ring (bicyclic) bond motifs is 1.